The molecule has 2 fully saturated rings. The van der Waals surface area contributed by atoms with E-state index in [1.165, 1.54) is 0 Å². The highest BCUT2D eigenvalue weighted by Crippen LogP contribution is 2.27. The summed E-state index contributed by atoms with van der Waals surface area (Å²) in [6.07, 6.45) is 2.06. The summed E-state index contributed by atoms with van der Waals surface area (Å²) >= 11 is 0. The molecule has 7 heteroatoms. The third-order valence-corrected chi connectivity index (χ3v) is 6.89. The Kier molecular flexibility index (Phi) is 7.61. The van der Waals surface area contributed by atoms with Crippen molar-refractivity contribution in [1.82, 2.24) is 15.1 Å². The average Bonchev–Trinajstić information content (AvgIpc) is 3.74. The van der Waals surface area contributed by atoms with Crippen LogP contribution in [0, 0.1) is 0 Å². The van der Waals surface area contributed by atoms with Gasteiger partial charge in [0.1, 0.15) is 0 Å². The molecule has 1 saturated carbocycles. The van der Waals surface area contributed by atoms with E-state index in [4.69, 9.17) is 0 Å². The predicted octanol–water partition coefficient (Wildman–Crippen LogP) is 3.49. The lowest BCUT2D eigenvalue weighted by Crippen LogP contribution is -2.51. The van der Waals surface area contributed by atoms with Crippen LogP contribution in [0.2, 0.25) is 0 Å². The second-order valence-corrected chi connectivity index (χ2v) is 9.73. The Morgan fingerprint density at radius 1 is 0.784 bits per heavy atom. The molecule has 1 heterocycles. The summed E-state index contributed by atoms with van der Waals surface area (Å²) in [5, 5.41) is 5.87. The van der Waals surface area contributed by atoms with E-state index < -0.39 is 0 Å². The summed E-state index contributed by atoms with van der Waals surface area (Å²) in [5.41, 5.74) is 3.11. The minimum Gasteiger partial charge on any atom is -0.349 e. The zero-order valence-electron chi connectivity index (χ0n) is 20.8. The topological polar surface area (TPSA) is 81.8 Å². The molecule has 1 aliphatic carbocycles. The Balaban J connectivity index is 1.16. The van der Waals surface area contributed by atoms with E-state index in [2.05, 4.69) is 15.5 Å². The number of benzene rings is 3. The maximum Gasteiger partial charge on any atom is 0.251 e. The van der Waals surface area contributed by atoms with Crippen LogP contribution in [0.3, 0.4) is 0 Å². The van der Waals surface area contributed by atoms with E-state index in [1.54, 1.807) is 24.3 Å². The van der Waals surface area contributed by atoms with E-state index in [0.29, 0.717) is 37.4 Å². The number of nitrogens with zero attached hydrogens (tertiary/aromatic N) is 2. The first-order valence-corrected chi connectivity index (χ1v) is 12.9. The largest absolute Gasteiger partial charge is 0.349 e. The van der Waals surface area contributed by atoms with Gasteiger partial charge in [0.15, 0.2) is 0 Å². The minimum absolute atomic E-state index is 0.0859. The van der Waals surface area contributed by atoms with Gasteiger partial charge in [0, 0.05) is 43.5 Å². The molecule has 7 nitrogen and oxygen atoms in total. The zero-order chi connectivity index (χ0) is 25.6. The molecule has 2 aliphatic rings. The van der Waals surface area contributed by atoms with Crippen molar-refractivity contribution in [1.29, 1.82) is 0 Å². The first kappa shape index (κ1) is 24.7. The van der Waals surface area contributed by atoms with Crippen molar-refractivity contribution >= 4 is 23.4 Å². The zero-order valence-corrected chi connectivity index (χ0v) is 20.8. The number of rotatable bonds is 8. The van der Waals surface area contributed by atoms with Gasteiger partial charge in [-0.15, -0.1) is 0 Å². The molecule has 1 aliphatic heterocycles. The number of carbonyl (C=O) groups is 3. The van der Waals surface area contributed by atoms with E-state index in [9.17, 15) is 14.4 Å². The molecule has 0 unspecified atom stereocenters. The van der Waals surface area contributed by atoms with Crippen LogP contribution in [-0.2, 0) is 9.59 Å². The summed E-state index contributed by atoms with van der Waals surface area (Å²) in [6.45, 7) is 2.62. The van der Waals surface area contributed by atoms with E-state index in [0.717, 1.165) is 24.0 Å². The van der Waals surface area contributed by atoms with E-state index in [-0.39, 0.29) is 36.2 Å². The Hall–Kier alpha value is -3.97. The van der Waals surface area contributed by atoms with Gasteiger partial charge in [-0.3, -0.25) is 19.3 Å². The van der Waals surface area contributed by atoms with Crippen molar-refractivity contribution in [2.45, 2.75) is 24.8 Å². The van der Waals surface area contributed by atoms with Crippen LogP contribution in [0.25, 0.3) is 0 Å². The quantitative estimate of drug-likeness (QED) is 0.500. The van der Waals surface area contributed by atoms with Crippen molar-refractivity contribution < 1.29 is 14.4 Å². The molecule has 0 atom stereocenters. The first-order valence-electron chi connectivity index (χ1n) is 12.9. The molecule has 3 aromatic carbocycles. The monoisotopic (exact) mass is 496 g/mol. The van der Waals surface area contributed by atoms with Crippen molar-refractivity contribution in [2.75, 3.05) is 38.0 Å². The van der Waals surface area contributed by atoms with Crippen LogP contribution in [0.15, 0.2) is 84.9 Å². The Morgan fingerprint density at radius 3 is 2.00 bits per heavy atom. The Labute approximate surface area is 217 Å². The molecule has 0 aromatic heterocycles. The lowest BCUT2D eigenvalue weighted by Gasteiger charge is -2.36. The highest BCUT2D eigenvalue weighted by molar-refractivity contribution is 5.97. The summed E-state index contributed by atoms with van der Waals surface area (Å²) < 4.78 is 0. The normalized spacial score (nSPS) is 15.9. The van der Waals surface area contributed by atoms with Crippen LogP contribution in [-0.4, -0.2) is 66.3 Å². The lowest BCUT2D eigenvalue weighted by molar-refractivity contribution is -0.133. The fourth-order valence-electron chi connectivity index (χ4n) is 4.72. The minimum atomic E-state index is -0.346. The second kappa shape index (κ2) is 11.4. The van der Waals surface area contributed by atoms with E-state index in [1.807, 2.05) is 65.6 Å². The van der Waals surface area contributed by atoms with Gasteiger partial charge in [0.25, 0.3) is 5.91 Å². The van der Waals surface area contributed by atoms with Gasteiger partial charge < -0.3 is 15.5 Å². The molecule has 0 spiro atoms. The number of nitrogens with one attached hydrogen (secondary N) is 2. The molecule has 3 amide bonds. The van der Waals surface area contributed by atoms with E-state index >= 15 is 0 Å². The molecule has 190 valence electrons. The standard InChI is InChI=1S/C30H32N4O3/c35-27(31-26-13-7-12-24(20-26)29(36)32-25-14-15-25)21-33-16-18-34(19-17-33)30(37)28(22-8-3-1-4-9-22)23-10-5-2-6-11-23/h1-13,20,25,28H,14-19,21H2,(H,31,35)(H,32,36). The van der Waals surface area contributed by atoms with Gasteiger partial charge >= 0.3 is 0 Å². The smallest absolute Gasteiger partial charge is 0.251 e. The van der Waals surface area contributed by atoms with Crippen LogP contribution in [0.1, 0.15) is 40.2 Å². The highest BCUT2D eigenvalue weighted by atomic mass is 16.2. The van der Waals surface area contributed by atoms with Crippen molar-refractivity contribution in [3.05, 3.63) is 102 Å². The number of piperazine rings is 1. The number of carbonyl (C=O) groups excluding carboxylic acids is 3. The molecule has 0 bridgehead atoms. The van der Waals surface area contributed by atoms with Gasteiger partial charge in [0.05, 0.1) is 12.5 Å². The SMILES string of the molecule is O=C(CN1CCN(C(=O)C(c2ccccc2)c2ccccc2)CC1)Nc1cccc(C(=O)NC2CC2)c1. The molecule has 2 N–H and O–H groups in total. The van der Waals surface area contributed by atoms with Gasteiger partial charge in [-0.25, -0.2) is 0 Å². The second-order valence-electron chi connectivity index (χ2n) is 9.73. The van der Waals surface area contributed by atoms with Crippen LogP contribution < -0.4 is 10.6 Å². The summed E-state index contributed by atoms with van der Waals surface area (Å²) in [5.74, 6) is -0.501. The highest BCUT2D eigenvalue weighted by Gasteiger charge is 2.30. The number of anilines is 1. The average molecular weight is 497 g/mol. The fourth-order valence-corrected chi connectivity index (χ4v) is 4.72. The number of amides is 3. The molecule has 1 saturated heterocycles. The van der Waals surface area contributed by atoms with Gasteiger partial charge in [-0.2, -0.15) is 0 Å². The lowest BCUT2D eigenvalue weighted by atomic mass is 9.90. The van der Waals surface area contributed by atoms with Gasteiger partial charge in [-0.05, 0) is 42.2 Å². The van der Waals surface area contributed by atoms with Crippen molar-refractivity contribution in [3.63, 3.8) is 0 Å². The summed E-state index contributed by atoms with van der Waals surface area (Å²) in [6, 6.07) is 27.1. The van der Waals surface area contributed by atoms with Crippen LogP contribution in [0.4, 0.5) is 5.69 Å². The molecule has 3 aromatic rings. The molecular formula is C30H32N4O3. The summed E-state index contributed by atoms with van der Waals surface area (Å²) in [4.78, 5) is 42.6. The third-order valence-electron chi connectivity index (χ3n) is 6.89. The maximum atomic E-state index is 13.6. The number of hydrogen-bond donors (Lipinski definition) is 2. The predicted molar refractivity (Wildman–Crippen MR) is 143 cm³/mol. The fraction of sp³-hybridized carbons (Fsp3) is 0.300. The third kappa shape index (κ3) is 6.43. The first-order chi connectivity index (χ1) is 18.1. The van der Waals surface area contributed by atoms with Crippen molar-refractivity contribution in [3.8, 4) is 0 Å². The molecule has 5 rings (SSSR count). The van der Waals surface area contributed by atoms with Crippen molar-refractivity contribution in [2.24, 2.45) is 0 Å². The molecule has 37 heavy (non-hydrogen) atoms. The molecule has 0 radical (unpaired) electrons. The Bertz CT molecular complexity index is 1200. The summed E-state index contributed by atoms with van der Waals surface area (Å²) in [7, 11) is 0. The molecular weight excluding hydrogens is 464 g/mol. The van der Waals surface area contributed by atoms with Crippen LogP contribution in [0.5, 0.6) is 0 Å². The number of hydrogen-bond acceptors (Lipinski definition) is 4. The Morgan fingerprint density at radius 2 is 1.41 bits per heavy atom. The maximum absolute atomic E-state index is 13.6. The van der Waals surface area contributed by atoms with Gasteiger partial charge in [-0.1, -0.05) is 66.7 Å². The van der Waals surface area contributed by atoms with Crippen LogP contribution >= 0.6 is 0 Å². The van der Waals surface area contributed by atoms with Gasteiger partial charge in [0.2, 0.25) is 11.8 Å².